The summed E-state index contributed by atoms with van der Waals surface area (Å²) in [7, 11) is 0.856. The zero-order valence-electron chi connectivity index (χ0n) is 14.8. The largest absolute Gasteiger partial charge is 0.504 e. The highest BCUT2D eigenvalue weighted by molar-refractivity contribution is 6.55. The van der Waals surface area contributed by atoms with Gasteiger partial charge in [-0.15, -0.1) is 0 Å². The van der Waals surface area contributed by atoms with Crippen LogP contribution in [0.5, 0.6) is 11.5 Å². The van der Waals surface area contributed by atoms with E-state index in [4.69, 9.17) is 19.8 Å². The SMILES string of the molecule is COc1cc(C=C(CN)B2OC(C)(C)C(C)(C)O2)cc(C=O)c1O. The molecule has 24 heavy (non-hydrogen) atoms. The molecule has 0 atom stereocenters. The van der Waals surface area contributed by atoms with Crippen LogP contribution in [0.3, 0.4) is 0 Å². The first kappa shape index (κ1) is 18.5. The van der Waals surface area contributed by atoms with Gasteiger partial charge in [0.25, 0.3) is 0 Å². The van der Waals surface area contributed by atoms with Gasteiger partial charge in [0.1, 0.15) is 0 Å². The van der Waals surface area contributed by atoms with Gasteiger partial charge in [-0.1, -0.05) is 6.08 Å². The lowest BCUT2D eigenvalue weighted by Crippen LogP contribution is -2.41. The number of phenolic OH excluding ortho intramolecular Hbond substituents is 1. The highest BCUT2D eigenvalue weighted by Gasteiger charge is 2.52. The first-order chi connectivity index (χ1) is 11.1. The molecule has 1 heterocycles. The summed E-state index contributed by atoms with van der Waals surface area (Å²) in [6, 6.07) is 3.19. The second-order valence-corrected chi connectivity index (χ2v) is 6.79. The predicted molar refractivity (Wildman–Crippen MR) is 93.2 cm³/mol. The van der Waals surface area contributed by atoms with Gasteiger partial charge in [-0.2, -0.15) is 0 Å². The maximum atomic E-state index is 11.1. The quantitative estimate of drug-likeness (QED) is 0.634. The second kappa shape index (κ2) is 6.59. The molecule has 0 unspecified atom stereocenters. The van der Waals surface area contributed by atoms with Gasteiger partial charge in [-0.3, -0.25) is 4.79 Å². The van der Waals surface area contributed by atoms with Crippen molar-refractivity contribution in [3.63, 3.8) is 0 Å². The molecule has 2 rings (SSSR count). The van der Waals surface area contributed by atoms with E-state index in [-0.39, 0.29) is 23.6 Å². The summed E-state index contributed by atoms with van der Waals surface area (Å²) >= 11 is 0. The molecule has 1 aromatic carbocycles. The molecule has 130 valence electrons. The number of hydrogen-bond donors (Lipinski definition) is 2. The maximum Gasteiger partial charge on any atom is 0.491 e. The molecule has 6 nitrogen and oxygen atoms in total. The third-order valence-corrected chi connectivity index (χ3v) is 4.62. The van der Waals surface area contributed by atoms with Crippen LogP contribution in [-0.4, -0.2) is 43.4 Å². The van der Waals surface area contributed by atoms with Gasteiger partial charge in [-0.25, -0.2) is 0 Å². The summed E-state index contributed by atoms with van der Waals surface area (Å²) in [6.45, 7) is 8.10. The van der Waals surface area contributed by atoms with E-state index in [0.29, 0.717) is 11.8 Å². The molecule has 1 fully saturated rings. The monoisotopic (exact) mass is 333 g/mol. The molecule has 1 aliphatic rings. The Kier molecular flexibility index (Phi) is 5.08. The Morgan fingerprint density at radius 2 is 1.88 bits per heavy atom. The number of ether oxygens (including phenoxy) is 1. The lowest BCUT2D eigenvalue weighted by molar-refractivity contribution is 0.00578. The molecular weight excluding hydrogens is 309 g/mol. The first-order valence-electron chi connectivity index (χ1n) is 7.77. The number of carbonyl (C=O) groups excluding carboxylic acids is 1. The molecule has 1 saturated heterocycles. The third kappa shape index (κ3) is 3.33. The van der Waals surface area contributed by atoms with Crippen molar-refractivity contribution in [2.24, 2.45) is 5.73 Å². The topological polar surface area (TPSA) is 91.0 Å². The number of phenols is 1. The van der Waals surface area contributed by atoms with Crippen molar-refractivity contribution in [1.29, 1.82) is 0 Å². The fourth-order valence-electron chi connectivity index (χ4n) is 2.41. The molecule has 7 heteroatoms. The Balaban J connectivity index is 2.40. The normalized spacial score (nSPS) is 19.4. The smallest absolute Gasteiger partial charge is 0.491 e. The average Bonchev–Trinajstić information content (AvgIpc) is 2.73. The Bertz CT molecular complexity index is 653. The Labute approximate surface area is 142 Å². The van der Waals surface area contributed by atoms with E-state index in [9.17, 15) is 9.90 Å². The molecule has 1 aromatic rings. The summed E-state index contributed by atoms with van der Waals surface area (Å²) in [5.74, 6) is 0.0331. The number of aromatic hydroxyl groups is 1. The fraction of sp³-hybridized carbons (Fsp3) is 0.471. The molecule has 0 spiro atoms. The van der Waals surface area contributed by atoms with Crippen LogP contribution in [-0.2, 0) is 9.31 Å². The van der Waals surface area contributed by atoms with Gasteiger partial charge >= 0.3 is 7.12 Å². The van der Waals surface area contributed by atoms with Crippen LogP contribution in [0, 0.1) is 0 Å². The van der Waals surface area contributed by atoms with E-state index in [1.54, 1.807) is 18.2 Å². The molecule has 3 N–H and O–H groups in total. The zero-order valence-corrected chi connectivity index (χ0v) is 14.8. The number of carbonyl (C=O) groups is 1. The minimum atomic E-state index is -0.570. The van der Waals surface area contributed by atoms with Crippen molar-refractivity contribution in [3.05, 3.63) is 28.7 Å². The molecule has 1 aliphatic heterocycles. The van der Waals surface area contributed by atoms with Crippen molar-refractivity contribution in [1.82, 2.24) is 0 Å². The zero-order chi connectivity index (χ0) is 18.1. The van der Waals surface area contributed by atoms with Crippen LogP contribution in [0.2, 0.25) is 0 Å². The molecular formula is C17H24BNO5. The van der Waals surface area contributed by atoms with Crippen LogP contribution in [0.1, 0.15) is 43.6 Å². The molecule has 0 aliphatic carbocycles. The van der Waals surface area contributed by atoms with E-state index < -0.39 is 18.3 Å². The first-order valence-corrected chi connectivity index (χ1v) is 7.77. The summed E-state index contributed by atoms with van der Waals surface area (Å²) < 4.78 is 17.1. The van der Waals surface area contributed by atoms with Gasteiger partial charge < -0.3 is 24.9 Å². The number of methoxy groups -OCH3 is 1. The summed E-state index contributed by atoms with van der Waals surface area (Å²) in [5.41, 5.74) is 6.49. The minimum absolute atomic E-state index is 0.144. The molecule has 0 amide bonds. The fourth-order valence-corrected chi connectivity index (χ4v) is 2.41. The van der Waals surface area contributed by atoms with Crippen molar-refractivity contribution in [3.8, 4) is 11.5 Å². The average molecular weight is 333 g/mol. The van der Waals surface area contributed by atoms with Gasteiger partial charge in [0, 0.05) is 6.54 Å². The molecule has 0 bridgehead atoms. The molecule has 0 saturated carbocycles. The number of benzene rings is 1. The van der Waals surface area contributed by atoms with Gasteiger partial charge in [0.2, 0.25) is 0 Å². The Morgan fingerprint density at radius 3 is 2.33 bits per heavy atom. The lowest BCUT2D eigenvalue weighted by atomic mass is 9.77. The van der Waals surface area contributed by atoms with Crippen LogP contribution in [0.25, 0.3) is 6.08 Å². The third-order valence-electron chi connectivity index (χ3n) is 4.62. The van der Waals surface area contributed by atoms with Crippen molar-refractivity contribution in [2.45, 2.75) is 38.9 Å². The van der Waals surface area contributed by atoms with Gasteiger partial charge in [-0.05, 0) is 50.9 Å². The van der Waals surface area contributed by atoms with E-state index >= 15 is 0 Å². The number of rotatable bonds is 5. The number of aldehydes is 1. The molecule has 0 aromatic heterocycles. The van der Waals surface area contributed by atoms with Crippen molar-refractivity contribution in [2.75, 3.05) is 13.7 Å². The van der Waals surface area contributed by atoms with E-state index in [0.717, 1.165) is 5.47 Å². The van der Waals surface area contributed by atoms with Crippen LogP contribution in [0.15, 0.2) is 17.6 Å². The van der Waals surface area contributed by atoms with Crippen molar-refractivity contribution < 1.29 is 23.9 Å². The highest BCUT2D eigenvalue weighted by atomic mass is 16.7. The van der Waals surface area contributed by atoms with Crippen LogP contribution < -0.4 is 10.5 Å². The van der Waals surface area contributed by atoms with E-state index in [1.165, 1.54) is 7.11 Å². The summed E-state index contributed by atoms with van der Waals surface area (Å²) in [5, 5.41) is 9.90. The molecule has 0 radical (unpaired) electrons. The predicted octanol–water partition coefficient (Wildman–Crippen LogP) is 2.19. The Hall–Kier alpha value is -1.83. The van der Waals surface area contributed by atoms with E-state index in [1.807, 2.05) is 27.7 Å². The summed E-state index contributed by atoms with van der Waals surface area (Å²) in [4.78, 5) is 11.1. The standard InChI is InChI=1S/C17H24BNO5/c1-16(2)17(3,4)24-18(23-16)13(9-19)7-11-6-12(10-20)15(21)14(8-11)22-5/h6-8,10,21H,9,19H2,1-5H3. The number of nitrogens with two attached hydrogens (primary N) is 1. The van der Waals surface area contributed by atoms with Gasteiger partial charge in [0.15, 0.2) is 17.8 Å². The highest BCUT2D eigenvalue weighted by Crippen LogP contribution is 2.39. The lowest BCUT2D eigenvalue weighted by Gasteiger charge is -2.32. The second-order valence-electron chi connectivity index (χ2n) is 6.79. The van der Waals surface area contributed by atoms with Crippen LogP contribution >= 0.6 is 0 Å². The number of hydrogen-bond acceptors (Lipinski definition) is 6. The maximum absolute atomic E-state index is 11.1. The van der Waals surface area contributed by atoms with Gasteiger partial charge in [0.05, 0.1) is 23.9 Å². The summed E-state index contributed by atoms with van der Waals surface area (Å²) in [6.07, 6.45) is 2.36. The van der Waals surface area contributed by atoms with Crippen LogP contribution in [0.4, 0.5) is 0 Å². The van der Waals surface area contributed by atoms with E-state index in [2.05, 4.69) is 0 Å². The van der Waals surface area contributed by atoms with Crippen molar-refractivity contribution >= 4 is 19.5 Å². The minimum Gasteiger partial charge on any atom is -0.504 e. The Morgan fingerprint density at radius 1 is 1.29 bits per heavy atom.